The van der Waals surface area contributed by atoms with E-state index in [-0.39, 0.29) is 0 Å². The van der Waals surface area contributed by atoms with Gasteiger partial charge >= 0.3 is 0 Å². The monoisotopic (exact) mass is 281 g/mol. The second-order valence-corrected chi connectivity index (χ2v) is 7.44. The number of likely N-dealkylation sites (tertiary alicyclic amines) is 1. The minimum absolute atomic E-state index is 0.557. The summed E-state index contributed by atoms with van der Waals surface area (Å²) in [7, 11) is 1.87. The lowest BCUT2D eigenvalue weighted by molar-refractivity contribution is 0.0544. The van der Waals surface area contributed by atoms with Crippen LogP contribution in [0.2, 0.25) is 0 Å². The summed E-state index contributed by atoms with van der Waals surface area (Å²) < 4.78 is 5.46. The third kappa shape index (κ3) is 5.04. The van der Waals surface area contributed by atoms with Crippen LogP contribution in [-0.4, -0.2) is 37.7 Å². The van der Waals surface area contributed by atoms with Crippen molar-refractivity contribution in [1.29, 1.82) is 0 Å². The molecule has 0 amide bonds. The number of hydrogen-bond donors (Lipinski definition) is 0. The second-order valence-electron chi connectivity index (χ2n) is 7.44. The average molecular weight is 281 g/mol. The second kappa shape index (κ2) is 8.38. The molecule has 0 atom stereocenters. The van der Waals surface area contributed by atoms with Crippen molar-refractivity contribution in [3.05, 3.63) is 0 Å². The molecule has 0 aromatic heterocycles. The Morgan fingerprint density at radius 2 is 1.65 bits per heavy atom. The third-order valence-corrected chi connectivity index (χ3v) is 5.79. The Morgan fingerprint density at radius 3 is 2.20 bits per heavy atom. The van der Waals surface area contributed by atoms with Crippen molar-refractivity contribution in [1.82, 2.24) is 4.90 Å². The summed E-state index contributed by atoms with van der Waals surface area (Å²) in [4.78, 5) is 2.71. The molecule has 0 radical (unpaired) electrons. The first kappa shape index (κ1) is 16.3. The van der Waals surface area contributed by atoms with Crippen molar-refractivity contribution in [3.63, 3.8) is 0 Å². The predicted octanol–water partition coefficient (Wildman–Crippen LogP) is 4.34. The van der Waals surface area contributed by atoms with Gasteiger partial charge in [0.2, 0.25) is 0 Å². The van der Waals surface area contributed by atoms with Crippen molar-refractivity contribution in [2.75, 3.05) is 26.7 Å². The zero-order valence-electron chi connectivity index (χ0n) is 13.9. The van der Waals surface area contributed by atoms with Crippen molar-refractivity contribution >= 4 is 0 Å². The van der Waals surface area contributed by atoms with Gasteiger partial charge in [0.1, 0.15) is 0 Å². The molecule has 1 heterocycles. The number of hydrogen-bond acceptors (Lipinski definition) is 2. The predicted molar refractivity (Wildman–Crippen MR) is 86.0 cm³/mol. The van der Waals surface area contributed by atoms with Crippen molar-refractivity contribution in [2.24, 2.45) is 17.8 Å². The van der Waals surface area contributed by atoms with E-state index in [1.807, 2.05) is 7.11 Å². The van der Waals surface area contributed by atoms with E-state index in [2.05, 4.69) is 18.7 Å². The fourth-order valence-corrected chi connectivity index (χ4v) is 4.10. The first-order valence-corrected chi connectivity index (χ1v) is 8.94. The summed E-state index contributed by atoms with van der Waals surface area (Å²) in [5.41, 5.74) is 0. The Balaban J connectivity index is 1.54. The fourth-order valence-electron chi connectivity index (χ4n) is 4.10. The van der Waals surface area contributed by atoms with Crippen molar-refractivity contribution < 1.29 is 4.74 Å². The van der Waals surface area contributed by atoms with Gasteiger partial charge in [0.15, 0.2) is 0 Å². The lowest BCUT2D eigenvalue weighted by Gasteiger charge is -2.34. The summed E-state index contributed by atoms with van der Waals surface area (Å²) in [6, 6.07) is 0. The Labute approximate surface area is 126 Å². The maximum Gasteiger partial charge on any atom is 0.0571 e. The van der Waals surface area contributed by atoms with Gasteiger partial charge in [0.05, 0.1) is 6.10 Å². The standard InChI is InChI=1S/C18H35NO/c1-15(2)17-10-13-19(14-11-17)12-4-5-16-6-8-18(20-3)9-7-16/h15-18H,4-14H2,1-3H3/t16-,18-. The molecule has 1 saturated carbocycles. The maximum atomic E-state index is 5.46. The quantitative estimate of drug-likeness (QED) is 0.718. The molecule has 0 spiro atoms. The smallest absolute Gasteiger partial charge is 0.0571 e. The highest BCUT2D eigenvalue weighted by molar-refractivity contribution is 4.76. The van der Waals surface area contributed by atoms with E-state index in [0.29, 0.717) is 6.10 Å². The van der Waals surface area contributed by atoms with Gasteiger partial charge in [-0.05, 0) is 88.8 Å². The van der Waals surface area contributed by atoms with Gasteiger partial charge in [-0.1, -0.05) is 13.8 Å². The summed E-state index contributed by atoms with van der Waals surface area (Å²) in [6.45, 7) is 8.81. The highest BCUT2D eigenvalue weighted by Gasteiger charge is 2.23. The Kier molecular flexibility index (Phi) is 6.83. The van der Waals surface area contributed by atoms with Gasteiger partial charge in [0.25, 0.3) is 0 Å². The molecule has 2 aliphatic rings. The van der Waals surface area contributed by atoms with Crippen molar-refractivity contribution in [3.8, 4) is 0 Å². The van der Waals surface area contributed by atoms with Gasteiger partial charge < -0.3 is 9.64 Å². The molecule has 0 aromatic rings. The lowest BCUT2D eigenvalue weighted by Crippen LogP contribution is -2.36. The molecule has 0 bridgehead atoms. The molecular formula is C18H35NO. The van der Waals surface area contributed by atoms with E-state index < -0.39 is 0 Å². The minimum Gasteiger partial charge on any atom is -0.381 e. The van der Waals surface area contributed by atoms with Crippen LogP contribution in [0.4, 0.5) is 0 Å². The van der Waals surface area contributed by atoms with Crippen LogP contribution in [0.15, 0.2) is 0 Å². The Hall–Kier alpha value is -0.0800. The average Bonchev–Trinajstić information content (AvgIpc) is 2.48. The maximum absolute atomic E-state index is 5.46. The number of ether oxygens (including phenoxy) is 1. The first-order valence-electron chi connectivity index (χ1n) is 8.94. The summed E-state index contributed by atoms with van der Waals surface area (Å²) in [5, 5.41) is 0. The largest absolute Gasteiger partial charge is 0.381 e. The van der Waals surface area contributed by atoms with Crippen LogP contribution >= 0.6 is 0 Å². The van der Waals surface area contributed by atoms with E-state index in [9.17, 15) is 0 Å². The fraction of sp³-hybridized carbons (Fsp3) is 1.00. The molecule has 0 unspecified atom stereocenters. The molecule has 0 N–H and O–H groups in total. The van der Waals surface area contributed by atoms with Gasteiger partial charge in [-0.15, -0.1) is 0 Å². The van der Waals surface area contributed by atoms with Gasteiger partial charge in [0, 0.05) is 7.11 Å². The van der Waals surface area contributed by atoms with Gasteiger partial charge in [-0.3, -0.25) is 0 Å². The molecule has 2 fully saturated rings. The zero-order chi connectivity index (χ0) is 14.4. The SMILES string of the molecule is CO[C@H]1CC[C@H](CCCN2CCC(C(C)C)CC2)CC1. The normalized spacial score (nSPS) is 30.0. The highest BCUT2D eigenvalue weighted by Crippen LogP contribution is 2.29. The molecule has 20 heavy (non-hydrogen) atoms. The zero-order valence-corrected chi connectivity index (χ0v) is 13.9. The van der Waals surface area contributed by atoms with Crippen LogP contribution in [-0.2, 0) is 4.74 Å². The van der Waals surface area contributed by atoms with E-state index >= 15 is 0 Å². The molecule has 118 valence electrons. The molecule has 1 aliphatic carbocycles. The molecule has 2 nitrogen and oxygen atoms in total. The van der Waals surface area contributed by atoms with E-state index in [1.54, 1.807) is 0 Å². The molecule has 2 heteroatoms. The summed E-state index contributed by atoms with van der Waals surface area (Å²) in [5.74, 6) is 2.85. The van der Waals surface area contributed by atoms with Crippen LogP contribution in [0.3, 0.4) is 0 Å². The van der Waals surface area contributed by atoms with Crippen LogP contribution in [0, 0.1) is 17.8 Å². The minimum atomic E-state index is 0.557. The van der Waals surface area contributed by atoms with Crippen LogP contribution < -0.4 is 0 Å². The Morgan fingerprint density at radius 1 is 1.00 bits per heavy atom. The van der Waals surface area contributed by atoms with E-state index in [4.69, 9.17) is 4.74 Å². The topological polar surface area (TPSA) is 12.5 Å². The molecule has 0 aromatic carbocycles. The molecular weight excluding hydrogens is 246 g/mol. The van der Waals surface area contributed by atoms with Crippen LogP contribution in [0.5, 0.6) is 0 Å². The summed E-state index contributed by atoms with van der Waals surface area (Å²) >= 11 is 0. The van der Waals surface area contributed by atoms with E-state index in [0.717, 1.165) is 17.8 Å². The van der Waals surface area contributed by atoms with Gasteiger partial charge in [-0.25, -0.2) is 0 Å². The lowest BCUT2D eigenvalue weighted by atomic mass is 9.84. The number of methoxy groups -OCH3 is 1. The molecule has 2 rings (SSSR count). The first-order chi connectivity index (χ1) is 9.69. The van der Waals surface area contributed by atoms with E-state index in [1.165, 1.54) is 71.0 Å². The number of rotatable bonds is 6. The van der Waals surface area contributed by atoms with Gasteiger partial charge in [-0.2, -0.15) is 0 Å². The summed E-state index contributed by atoms with van der Waals surface area (Å²) in [6.07, 6.45) is 11.6. The molecule has 1 aliphatic heterocycles. The number of piperidine rings is 1. The van der Waals surface area contributed by atoms with Crippen LogP contribution in [0.1, 0.15) is 65.2 Å². The highest BCUT2D eigenvalue weighted by atomic mass is 16.5. The number of nitrogens with zero attached hydrogens (tertiary/aromatic N) is 1. The van der Waals surface area contributed by atoms with Crippen molar-refractivity contribution in [2.45, 2.75) is 71.3 Å². The van der Waals surface area contributed by atoms with Crippen LogP contribution in [0.25, 0.3) is 0 Å². The molecule has 1 saturated heterocycles. The third-order valence-electron chi connectivity index (χ3n) is 5.79. The Bertz CT molecular complexity index is 250.